The van der Waals surface area contributed by atoms with E-state index in [1.165, 1.54) is 110 Å². The molecule has 0 saturated heterocycles. The van der Waals surface area contributed by atoms with Gasteiger partial charge in [-0.15, -0.1) is 91.2 Å². The quantitative estimate of drug-likeness (QED) is 0.00937. The molecule has 0 radical (unpaired) electrons. The smallest absolute Gasteiger partial charge is 0.479 e. The summed E-state index contributed by atoms with van der Waals surface area (Å²) in [5.74, 6) is -2.29. The molecule has 13 aromatic heterocycles. The first-order valence-corrected chi connectivity index (χ1v) is 53.9. The number of H-pyrrole nitrogens is 1. The SMILES string of the molecule is BrBr.CCC(=O)CC(=O)OC.COC(=O)CC(=O)C(C)Br.Cc1csc(N)n1.Cc1csc2nc(C(C)Br)c(Br)c(=O)n12.Cc1csc2nc(C(C)Br)cc(=O)n12.Cc1csc2nc(C(C)N)c(Br)c(=O)n12.Cc1csc2nc(C(C)N=[N+]=[N-])c(Br)c(=O)n12.Cc1csc2nc([C@H](C)Nc3ncnc4nc[nH]c34)c(-c3cccc(F)c3)c(=O)n12.ClCCl.O=C(O)[C@@H](O)c1ccccc1.S.[N-]=[N+]=[N-].[Na+]. The fourth-order valence-electron chi connectivity index (χ4n) is 10.8. The average Bonchev–Trinajstić information content (AvgIpc) is 1.48. The number of carbonyl (C=O) groups is 5. The minimum Gasteiger partial charge on any atom is -0.479 e. The van der Waals surface area contributed by atoms with Crippen molar-refractivity contribution in [1.29, 1.82) is 0 Å². The number of imidazole rings is 1. The maximum atomic E-state index is 14.0. The maximum absolute atomic E-state index is 14.0. The Bertz CT molecular complexity index is 6880. The van der Waals surface area contributed by atoms with Gasteiger partial charge in [-0.2, -0.15) is 13.5 Å². The minimum absolute atomic E-state index is 0. The Labute approximate surface area is 915 Å². The van der Waals surface area contributed by atoms with Gasteiger partial charge in [-0.1, -0.05) is 109 Å². The second-order valence-electron chi connectivity index (χ2n) is 27.3. The zero-order chi connectivity index (χ0) is 102. The number of aromatic nitrogens is 15. The van der Waals surface area contributed by atoms with Crippen LogP contribution in [0.1, 0.15) is 170 Å². The molecule has 0 aliphatic carbocycles. The first kappa shape index (κ1) is 126. The van der Waals surface area contributed by atoms with E-state index in [1.807, 2.05) is 102 Å². The number of benzene rings is 2. The maximum Gasteiger partial charge on any atom is 1.00 e. The predicted octanol–water partition coefficient (Wildman–Crippen LogP) is 18.9. The molecule has 38 nitrogen and oxygen atoms in total. The molecule has 5 unspecified atom stereocenters. The number of carboxylic acid groups (broad SMARTS) is 1. The average molecular weight is 2600 g/mol. The summed E-state index contributed by atoms with van der Waals surface area (Å²) in [7, 11) is 2.53. The number of aliphatic carboxylic acids is 1. The van der Waals surface area contributed by atoms with Crippen molar-refractivity contribution in [1.82, 2.24) is 71.8 Å². The number of rotatable bonds is 17. The first-order chi connectivity index (χ1) is 64.3. The molecule has 0 aliphatic rings. The van der Waals surface area contributed by atoms with Crippen LogP contribution in [0.25, 0.3) is 73.5 Å². The van der Waals surface area contributed by atoms with Crippen LogP contribution < -0.4 is 74.1 Å². The van der Waals surface area contributed by atoms with Crippen LogP contribution in [0.4, 0.5) is 15.3 Å². The van der Waals surface area contributed by atoms with Gasteiger partial charge in [0.1, 0.15) is 49.7 Å². The van der Waals surface area contributed by atoms with E-state index in [4.69, 9.17) is 66.5 Å². The number of ketones is 2. The number of nitrogens with one attached hydrogen (secondary N) is 2. The van der Waals surface area contributed by atoms with Crippen LogP contribution in [0.5, 0.6) is 0 Å². The summed E-state index contributed by atoms with van der Waals surface area (Å²) in [5.41, 5.74) is 43.3. The number of nitrogens with zero attached hydrogens (tertiary/aromatic N) is 20. The van der Waals surface area contributed by atoms with Crippen LogP contribution in [-0.2, 0) is 33.4 Å². The number of aliphatic hydroxyl groups is 1. The Hall–Kier alpha value is -7.59. The molecule has 2 aromatic carbocycles. The van der Waals surface area contributed by atoms with Crippen molar-refractivity contribution in [3.05, 3.63) is 271 Å². The molecule has 0 aliphatic heterocycles. The van der Waals surface area contributed by atoms with Crippen LogP contribution in [-0.4, -0.2) is 136 Å². The number of methoxy groups -OCH3 is 2. The normalized spacial score (nSPS) is 11.7. The fourth-order valence-corrected chi connectivity index (χ4v) is 18.6. The van der Waals surface area contributed by atoms with Gasteiger partial charge in [0.05, 0.1) is 92.2 Å². The number of nitrogens with two attached hydrogens (primary N) is 2. The van der Waals surface area contributed by atoms with E-state index in [0.29, 0.717) is 90.6 Å². The van der Waals surface area contributed by atoms with E-state index in [9.17, 15) is 52.3 Å². The van der Waals surface area contributed by atoms with Crippen LogP contribution in [0.3, 0.4) is 0 Å². The molecule has 8 N–H and O–H groups in total. The van der Waals surface area contributed by atoms with E-state index in [1.54, 1.807) is 93.2 Å². The number of fused-ring (bicyclic) bond motifs is 6. The summed E-state index contributed by atoms with van der Waals surface area (Å²) in [4.78, 5) is 163. The van der Waals surface area contributed by atoms with Crippen molar-refractivity contribution in [2.24, 2.45) is 10.8 Å². The monoisotopic (exact) mass is 2590 g/mol. The zero-order valence-corrected chi connectivity index (χ0v) is 97.9. The number of hydrogen-bond acceptors (Lipinski definition) is 32. The number of thiazole rings is 6. The van der Waals surface area contributed by atoms with Gasteiger partial charge in [0.2, 0.25) is 0 Å². The van der Waals surface area contributed by atoms with E-state index < -0.39 is 41.9 Å². The Morgan fingerprint density at radius 3 is 1.46 bits per heavy atom. The third-order valence-electron chi connectivity index (χ3n) is 17.4. The number of esters is 2. The van der Waals surface area contributed by atoms with Gasteiger partial charge in [-0.25, -0.2) is 54.0 Å². The van der Waals surface area contributed by atoms with Gasteiger partial charge < -0.3 is 52.5 Å². The molecule has 0 spiro atoms. The van der Waals surface area contributed by atoms with E-state index in [0.717, 1.165) is 55.5 Å². The number of azide groups is 1. The molecular formula is C81H88Br8Cl2FN24NaO14S7. The largest absolute Gasteiger partial charge is 1.00 e. The Balaban J connectivity index is 0.000000535. The number of halogens is 11. The number of carboxylic acids is 1. The molecule has 7 atom stereocenters. The van der Waals surface area contributed by atoms with Gasteiger partial charge in [0, 0.05) is 112 Å². The van der Waals surface area contributed by atoms with E-state index in [2.05, 4.69) is 194 Å². The standard InChI is InChI=1S/C20H16FN7OS.C9H8Br2N2OS.C9H8BrN5OS.C9H10BrN3OS.C9H9BrN2OS.C8H8O3.C6H9BrO3.C6H10O3.C4H6N2S.CH2Cl2.Br2.N3.Na.H2S/c1-10-7-30-20-27-15(11(2)26-18-16-17(23-8-22-16)24-9-25-18)14(19(29)28(10)20)12-4-3-5-13(21)6-12;1-4-3-15-9-12-7(5(2)10)6(11)8(14)13(4)9;1-4-3-17-9-12-7(5(2)13-14-11)6(10)8(16)15(4)9;1-4-3-15-9-12-7(5(2)11)6(10)8(14)13(4)9;1-5-4-14-9-11-7(6(2)10)3-8(13)12(5)9;9-7(8(10)11)6-4-2-1-3-5-6;1-4(7)5(8)3-6(9)10-2;1-3-5(7)4-6(8)9-2;1-3-2-7-4(5)6-3;2-1-3;1-2;1-3-2;;/h3-9,11H,1-2H3,(H2,22,23,24,25,26);3,5H,1-2H3;3,5H,1-2H3;3,5H,11H2,1-2H3;3-4,6H,1-2H3;1-5,7,9H,(H,10,11);4H,3H2,1-2H3;3-4H2,1-2H3;2H,1H3,(H2,5,6);1H2;;;;1H2/q;;;;;;;;;;;-1;+1;/t11-;;;;;7-;;;;;;;;/m0....0......../s1. The third kappa shape index (κ3) is 37.0. The van der Waals surface area contributed by atoms with Crippen molar-refractivity contribution >= 4 is 305 Å². The van der Waals surface area contributed by atoms with Crippen LogP contribution in [0, 0.1) is 47.4 Å². The summed E-state index contributed by atoms with van der Waals surface area (Å²) in [6.45, 7) is 24.0. The summed E-state index contributed by atoms with van der Waals surface area (Å²) in [6.07, 6.45) is 1.71. The zero-order valence-electron chi connectivity index (χ0n) is 75.8. The number of nitrogen functional groups attached to an aromatic ring is 1. The topological polar surface area (TPSA) is 555 Å². The van der Waals surface area contributed by atoms with E-state index >= 15 is 0 Å². The number of aromatic amines is 1. The van der Waals surface area contributed by atoms with E-state index in [-0.39, 0.29) is 121 Å². The fraction of sp³-hybridized carbons (Fsp3) is 0.321. The van der Waals surface area contributed by atoms with Crippen molar-refractivity contribution in [3.8, 4) is 11.1 Å². The predicted molar refractivity (Wildman–Crippen MR) is 575 cm³/mol. The summed E-state index contributed by atoms with van der Waals surface area (Å²) >= 11 is 43.3. The van der Waals surface area contributed by atoms with Gasteiger partial charge in [0.25, 0.3) is 27.8 Å². The Morgan fingerprint density at radius 1 is 0.609 bits per heavy atom. The van der Waals surface area contributed by atoms with Gasteiger partial charge >= 0.3 is 47.5 Å². The van der Waals surface area contributed by atoms with Crippen molar-refractivity contribution in [3.63, 3.8) is 0 Å². The molecule has 57 heteroatoms. The van der Waals surface area contributed by atoms with Crippen molar-refractivity contribution < 1.29 is 77.6 Å². The minimum atomic E-state index is -1.41. The summed E-state index contributed by atoms with van der Waals surface area (Å²) in [6, 6.07) is 14.7. The number of hydrogen-bond donors (Lipinski definition) is 6. The van der Waals surface area contributed by atoms with Gasteiger partial charge in [-0.05, 0) is 153 Å². The van der Waals surface area contributed by atoms with Crippen molar-refractivity contribution in [2.75, 3.05) is 30.6 Å². The molecule has 0 fully saturated rings. The number of Topliss-reactive ketones (excluding diaryl/α,β-unsaturated/α-hetero) is 2. The molecule has 736 valence electrons. The molecule has 15 aromatic rings. The first-order valence-electron chi connectivity index (χ1n) is 38.8. The number of anilines is 2. The molecule has 15 rings (SSSR count). The summed E-state index contributed by atoms with van der Waals surface area (Å²) < 4.78 is 31.8. The number of aryl methyl sites for hydroxylation is 6. The molecule has 0 amide bonds. The van der Waals surface area contributed by atoms with Crippen LogP contribution in [0.15, 0.2) is 148 Å². The molecule has 0 saturated carbocycles. The molecule has 0 bridgehead atoms. The summed E-state index contributed by atoms with van der Waals surface area (Å²) in [5, 5.41) is 36.5. The Kier molecular flexibility index (Phi) is 58.1. The second-order valence-corrected chi connectivity index (χ2v) is 39.7. The number of ether oxygens (including phenoxy) is 2. The Morgan fingerprint density at radius 2 is 1.05 bits per heavy atom. The van der Waals surface area contributed by atoms with Crippen LogP contribution >= 0.6 is 229 Å². The van der Waals surface area contributed by atoms with Gasteiger partial charge in [-0.3, -0.25) is 70.1 Å². The van der Waals surface area contributed by atoms with Crippen molar-refractivity contribution in [2.45, 2.75) is 148 Å². The van der Waals surface area contributed by atoms with Crippen LogP contribution in [0.2, 0.25) is 0 Å². The molecule has 13 heterocycles. The second kappa shape index (κ2) is 63.4. The molecular weight excluding hydrogens is 2510 g/mol. The third-order valence-corrected chi connectivity index (χ3v) is 26.5. The van der Waals surface area contributed by atoms with Gasteiger partial charge in [0.15, 0.2) is 53.3 Å². The molecule has 138 heavy (non-hydrogen) atoms. The number of alkyl halides is 5. The number of carbonyl (C=O) groups excluding carboxylic acids is 4. The number of aliphatic hydroxyl groups excluding tert-OH is 1.